The third kappa shape index (κ3) is 3.31. The molecule has 1 aromatic heterocycles. The molecule has 0 N–H and O–H groups in total. The van der Waals surface area contributed by atoms with E-state index in [-0.39, 0.29) is 17.1 Å². The van der Waals surface area contributed by atoms with Crippen LogP contribution in [0.2, 0.25) is 0 Å². The highest BCUT2D eigenvalue weighted by molar-refractivity contribution is 6.46. The summed E-state index contributed by atoms with van der Waals surface area (Å²) in [6.07, 6.45) is 0. The summed E-state index contributed by atoms with van der Waals surface area (Å²) in [6.45, 7) is 4.02. The number of carbonyl (C=O) groups excluding carboxylic acids is 1. The second-order valence-electron chi connectivity index (χ2n) is 9.71. The Kier molecular flexibility index (Phi) is 4.96. The van der Waals surface area contributed by atoms with E-state index in [9.17, 15) is 14.8 Å². The summed E-state index contributed by atoms with van der Waals surface area (Å²) in [5.74, 6) is -1.32. The standard InChI is InChI=1S/C29H24N2O5/c1-29(2)21-17-30(19-13-7-4-8-14-19)28-24(27(33)20-15-9-10-16-22(20)35-28)23(21)25(31(34)36-29)26(32)18-11-5-3-6-12-18/h3-16,21,23H,17H2,1-2H3/t21-,23-/m0/s1. The molecule has 180 valence electrons. The Hall–Kier alpha value is -4.39. The van der Waals surface area contributed by atoms with E-state index < -0.39 is 17.3 Å². The number of anilines is 2. The van der Waals surface area contributed by atoms with Crippen LogP contribution in [0.1, 0.15) is 35.7 Å². The summed E-state index contributed by atoms with van der Waals surface area (Å²) in [5.41, 5.74) is 0.608. The van der Waals surface area contributed by atoms with Gasteiger partial charge in [0.1, 0.15) is 5.58 Å². The van der Waals surface area contributed by atoms with Gasteiger partial charge in [0.2, 0.25) is 5.88 Å². The average molecular weight is 481 g/mol. The van der Waals surface area contributed by atoms with Crippen LogP contribution in [0.4, 0.5) is 11.6 Å². The van der Waals surface area contributed by atoms with E-state index in [1.54, 1.807) is 48.5 Å². The summed E-state index contributed by atoms with van der Waals surface area (Å²) in [4.78, 5) is 35.8. The van der Waals surface area contributed by atoms with E-state index in [1.165, 1.54) is 0 Å². The molecule has 2 atom stereocenters. The Morgan fingerprint density at radius 1 is 0.972 bits per heavy atom. The van der Waals surface area contributed by atoms with Gasteiger partial charge >= 0.3 is 5.71 Å². The van der Waals surface area contributed by atoms with Crippen molar-refractivity contribution in [3.8, 4) is 0 Å². The first-order valence-corrected chi connectivity index (χ1v) is 11.9. The van der Waals surface area contributed by atoms with Gasteiger partial charge in [-0.3, -0.25) is 14.8 Å². The molecule has 36 heavy (non-hydrogen) atoms. The number of rotatable bonds is 3. The van der Waals surface area contributed by atoms with Crippen molar-refractivity contribution in [3.63, 3.8) is 0 Å². The third-order valence-electron chi connectivity index (χ3n) is 7.19. The number of hydrogen-bond acceptors (Lipinski definition) is 6. The van der Waals surface area contributed by atoms with Crippen LogP contribution in [0, 0.1) is 11.1 Å². The van der Waals surface area contributed by atoms with Crippen molar-refractivity contribution in [2.75, 3.05) is 11.4 Å². The van der Waals surface area contributed by atoms with Crippen molar-refractivity contribution in [1.29, 1.82) is 0 Å². The van der Waals surface area contributed by atoms with Crippen LogP contribution in [0.3, 0.4) is 0 Å². The van der Waals surface area contributed by atoms with Crippen LogP contribution in [-0.4, -0.2) is 28.5 Å². The lowest BCUT2D eigenvalue weighted by molar-refractivity contribution is -0.772. The Bertz CT molecular complexity index is 1570. The summed E-state index contributed by atoms with van der Waals surface area (Å²) < 4.78 is 6.36. The fourth-order valence-electron chi connectivity index (χ4n) is 5.39. The molecule has 0 fully saturated rings. The fourth-order valence-corrected chi connectivity index (χ4v) is 5.39. The van der Waals surface area contributed by atoms with E-state index in [4.69, 9.17) is 9.25 Å². The van der Waals surface area contributed by atoms with Crippen molar-refractivity contribution < 1.29 is 19.0 Å². The number of hydrogen-bond donors (Lipinski definition) is 0. The summed E-state index contributed by atoms with van der Waals surface area (Å²) >= 11 is 0. The van der Waals surface area contributed by atoms with Crippen molar-refractivity contribution >= 4 is 34.0 Å². The van der Waals surface area contributed by atoms with Crippen molar-refractivity contribution in [2.24, 2.45) is 5.92 Å². The van der Waals surface area contributed by atoms with Crippen LogP contribution in [0.25, 0.3) is 11.0 Å². The van der Waals surface area contributed by atoms with Crippen molar-refractivity contribution in [2.45, 2.75) is 25.4 Å². The lowest BCUT2D eigenvalue weighted by Gasteiger charge is -2.48. The SMILES string of the molecule is CC1(C)O[N+]([O-])=C(C(=O)c2ccccc2)[C@@H]2c3c(oc4ccccc4c3=O)N(c3ccccc3)C[C@@H]21. The summed E-state index contributed by atoms with van der Waals surface area (Å²) in [5, 5.41) is 13.7. The number of carbonyl (C=O) groups is 1. The topological polar surface area (TPSA) is 85.8 Å². The van der Waals surface area contributed by atoms with E-state index in [0.717, 1.165) is 5.69 Å². The maximum atomic E-state index is 14.1. The molecular weight excluding hydrogens is 456 g/mol. The monoisotopic (exact) mass is 480 g/mol. The summed E-state index contributed by atoms with van der Waals surface area (Å²) in [6, 6.07) is 25.2. The molecule has 4 aromatic rings. The minimum atomic E-state index is -0.963. The van der Waals surface area contributed by atoms with Gasteiger partial charge in [0, 0.05) is 28.6 Å². The molecule has 6 rings (SSSR count). The van der Waals surface area contributed by atoms with Crippen LogP contribution < -0.4 is 10.3 Å². The zero-order chi connectivity index (χ0) is 25.0. The largest absolute Gasteiger partial charge is 0.440 e. The normalized spacial score (nSPS) is 20.4. The number of fused-ring (bicyclic) bond motifs is 4. The average Bonchev–Trinajstić information content (AvgIpc) is 2.89. The van der Waals surface area contributed by atoms with Crippen molar-refractivity contribution in [1.82, 2.24) is 0 Å². The van der Waals surface area contributed by atoms with Crippen LogP contribution >= 0.6 is 0 Å². The zero-order valence-corrected chi connectivity index (χ0v) is 19.9. The van der Waals surface area contributed by atoms with Gasteiger partial charge in [0.15, 0.2) is 5.43 Å². The first-order chi connectivity index (χ1) is 17.4. The molecule has 3 aromatic carbocycles. The van der Waals surface area contributed by atoms with Gasteiger partial charge in [0.25, 0.3) is 5.78 Å². The molecule has 0 radical (unpaired) electrons. The lowest BCUT2D eigenvalue weighted by atomic mass is 9.69. The lowest BCUT2D eigenvalue weighted by Crippen LogP contribution is -2.57. The minimum absolute atomic E-state index is 0.109. The molecule has 0 aliphatic carbocycles. The highest BCUT2D eigenvalue weighted by Crippen LogP contribution is 2.49. The molecule has 0 saturated carbocycles. The molecule has 0 amide bonds. The first-order valence-electron chi connectivity index (χ1n) is 11.9. The van der Waals surface area contributed by atoms with E-state index in [2.05, 4.69) is 0 Å². The highest BCUT2D eigenvalue weighted by atomic mass is 16.9. The smallest absolute Gasteiger partial charge is 0.300 e. The van der Waals surface area contributed by atoms with Gasteiger partial charge in [-0.1, -0.05) is 60.7 Å². The number of para-hydroxylation sites is 2. The zero-order valence-electron chi connectivity index (χ0n) is 19.9. The van der Waals surface area contributed by atoms with E-state index in [1.807, 2.05) is 55.1 Å². The first kappa shape index (κ1) is 22.1. The Balaban J connectivity index is 1.66. The fraction of sp³-hybridized carbons (Fsp3) is 0.207. The molecular formula is C29H24N2O5. The second kappa shape index (κ2) is 8.09. The second-order valence-corrected chi connectivity index (χ2v) is 9.71. The van der Waals surface area contributed by atoms with E-state index in [0.29, 0.717) is 39.4 Å². The van der Waals surface area contributed by atoms with Gasteiger partial charge in [-0.15, -0.1) is 0 Å². The quantitative estimate of drug-likeness (QED) is 0.296. The molecule has 3 heterocycles. The molecule has 0 spiro atoms. The maximum absolute atomic E-state index is 14.1. The van der Waals surface area contributed by atoms with E-state index >= 15 is 0 Å². The van der Waals surface area contributed by atoms with Gasteiger partial charge < -0.3 is 14.2 Å². The van der Waals surface area contributed by atoms with Crippen molar-refractivity contribution in [3.05, 3.63) is 111 Å². The third-order valence-corrected chi connectivity index (χ3v) is 7.19. The summed E-state index contributed by atoms with van der Waals surface area (Å²) in [7, 11) is 0. The van der Waals surface area contributed by atoms with Crippen LogP contribution in [0.5, 0.6) is 0 Å². The Morgan fingerprint density at radius 3 is 2.33 bits per heavy atom. The molecule has 0 saturated heterocycles. The van der Waals surface area contributed by atoms with Gasteiger partial charge in [-0.2, -0.15) is 0 Å². The van der Waals surface area contributed by atoms with Crippen LogP contribution in [0.15, 0.2) is 94.1 Å². The molecule has 0 unspecified atom stereocenters. The number of benzene rings is 3. The Labute approximate surface area is 207 Å². The minimum Gasteiger partial charge on any atom is -0.440 e. The molecule has 2 aliphatic heterocycles. The molecule has 0 bridgehead atoms. The molecule has 7 nitrogen and oxygen atoms in total. The number of Topliss-reactive ketones (excluding diaryl/α,β-unsaturated/α-hetero) is 1. The van der Waals surface area contributed by atoms with Crippen LogP contribution in [-0.2, 0) is 4.84 Å². The Morgan fingerprint density at radius 2 is 1.61 bits per heavy atom. The maximum Gasteiger partial charge on any atom is 0.300 e. The molecule has 7 heteroatoms. The van der Waals surface area contributed by atoms with Gasteiger partial charge in [-0.05, 0) is 38.1 Å². The van der Waals surface area contributed by atoms with Gasteiger partial charge in [0.05, 0.1) is 22.5 Å². The number of ketones is 1. The number of nitrogens with zero attached hydrogens (tertiary/aromatic N) is 2. The molecule has 2 aliphatic rings. The highest BCUT2D eigenvalue weighted by Gasteiger charge is 2.55. The predicted octanol–water partition coefficient (Wildman–Crippen LogP) is 5.20. The predicted molar refractivity (Wildman–Crippen MR) is 137 cm³/mol. The van der Waals surface area contributed by atoms with Gasteiger partial charge in [-0.25, -0.2) is 0 Å².